The average Bonchev–Trinajstić information content (AvgIpc) is 2.99. The largest absolute Gasteiger partial charge is 0.350 e. The second kappa shape index (κ2) is 8.90. The van der Waals surface area contributed by atoms with E-state index in [2.05, 4.69) is 10.6 Å². The van der Waals surface area contributed by atoms with E-state index in [1.807, 2.05) is 26.0 Å². The lowest BCUT2D eigenvalue weighted by atomic mass is 9.97. The number of nitrogens with zero attached hydrogens (tertiary/aromatic N) is 1. The first-order chi connectivity index (χ1) is 16.2. The second-order valence-corrected chi connectivity index (χ2v) is 7.99. The van der Waals surface area contributed by atoms with Crippen LogP contribution in [0.3, 0.4) is 0 Å². The van der Waals surface area contributed by atoms with Crippen LogP contribution < -0.4 is 15.5 Å². The van der Waals surface area contributed by atoms with E-state index < -0.39 is 23.4 Å². The van der Waals surface area contributed by atoms with Crippen molar-refractivity contribution < 1.29 is 23.2 Å². The number of aryl methyl sites for hydroxylation is 2. The summed E-state index contributed by atoms with van der Waals surface area (Å²) in [5.74, 6) is -3.56. The minimum atomic E-state index is -1.03. The molecule has 172 valence electrons. The first-order valence-electron chi connectivity index (χ1n) is 10.5. The SMILES string of the molecule is CC(=O)Nc1ccc(NC2=C(c3ccc(C)cc3C)C(=O)N(c3ccc(F)cc3F)C2=O)cc1. The van der Waals surface area contributed by atoms with Crippen LogP contribution in [0.4, 0.5) is 25.8 Å². The number of rotatable bonds is 5. The van der Waals surface area contributed by atoms with Crippen LogP contribution in [0.2, 0.25) is 0 Å². The number of carbonyl (C=O) groups is 3. The second-order valence-electron chi connectivity index (χ2n) is 7.99. The van der Waals surface area contributed by atoms with Gasteiger partial charge in [-0.3, -0.25) is 14.4 Å². The highest BCUT2D eigenvalue weighted by Gasteiger charge is 2.41. The fourth-order valence-electron chi connectivity index (χ4n) is 3.86. The van der Waals surface area contributed by atoms with Crippen LogP contribution in [0.25, 0.3) is 5.57 Å². The van der Waals surface area contributed by atoms with Gasteiger partial charge in [0.2, 0.25) is 5.91 Å². The Morgan fingerprint density at radius 2 is 1.53 bits per heavy atom. The first-order valence-corrected chi connectivity index (χ1v) is 10.5. The van der Waals surface area contributed by atoms with Gasteiger partial charge in [0.25, 0.3) is 11.8 Å². The number of amides is 3. The highest BCUT2D eigenvalue weighted by atomic mass is 19.1. The first kappa shape index (κ1) is 22.8. The van der Waals surface area contributed by atoms with Crippen molar-refractivity contribution in [2.75, 3.05) is 15.5 Å². The van der Waals surface area contributed by atoms with E-state index >= 15 is 0 Å². The maximum Gasteiger partial charge on any atom is 0.282 e. The number of nitrogens with one attached hydrogen (secondary N) is 2. The molecule has 0 unspecified atom stereocenters. The molecule has 0 saturated carbocycles. The van der Waals surface area contributed by atoms with Crippen LogP contribution in [0, 0.1) is 25.5 Å². The number of imide groups is 1. The summed E-state index contributed by atoms with van der Waals surface area (Å²) in [7, 11) is 0. The van der Waals surface area contributed by atoms with Crippen LogP contribution in [-0.4, -0.2) is 17.7 Å². The summed E-state index contributed by atoms with van der Waals surface area (Å²) in [5.41, 5.74) is 3.01. The van der Waals surface area contributed by atoms with Crippen molar-refractivity contribution in [3.05, 3.63) is 94.7 Å². The summed E-state index contributed by atoms with van der Waals surface area (Å²) < 4.78 is 28.0. The van der Waals surface area contributed by atoms with Crippen LogP contribution in [-0.2, 0) is 14.4 Å². The molecule has 0 aliphatic carbocycles. The molecule has 0 radical (unpaired) electrons. The molecule has 0 fully saturated rings. The summed E-state index contributed by atoms with van der Waals surface area (Å²) in [6, 6.07) is 14.6. The molecule has 3 aromatic rings. The highest BCUT2D eigenvalue weighted by Crippen LogP contribution is 2.36. The zero-order valence-corrected chi connectivity index (χ0v) is 18.7. The summed E-state index contributed by atoms with van der Waals surface area (Å²) >= 11 is 0. The zero-order valence-electron chi connectivity index (χ0n) is 18.7. The molecule has 1 heterocycles. The van der Waals surface area contributed by atoms with Gasteiger partial charge in [-0.05, 0) is 61.4 Å². The van der Waals surface area contributed by atoms with E-state index in [1.165, 1.54) is 6.92 Å². The molecule has 0 bridgehead atoms. The molecular weight excluding hydrogens is 440 g/mol. The molecule has 1 aliphatic heterocycles. The Hall–Kier alpha value is -4.33. The lowest BCUT2D eigenvalue weighted by Gasteiger charge is -2.16. The molecule has 1 aliphatic rings. The monoisotopic (exact) mass is 461 g/mol. The molecule has 8 heteroatoms. The molecule has 0 aromatic heterocycles. The summed E-state index contributed by atoms with van der Waals surface area (Å²) in [6.45, 7) is 5.11. The zero-order chi connectivity index (χ0) is 24.6. The van der Waals surface area contributed by atoms with Crippen LogP contribution >= 0.6 is 0 Å². The van der Waals surface area contributed by atoms with E-state index in [9.17, 15) is 23.2 Å². The Bertz CT molecular complexity index is 1360. The van der Waals surface area contributed by atoms with Gasteiger partial charge in [-0.15, -0.1) is 0 Å². The standard InChI is InChI=1S/C26H21F2N3O3/c1-14-4-10-20(15(2)12-14)23-24(30-19-8-6-18(7-9-19)29-16(3)32)26(34)31(25(23)33)22-11-5-17(27)13-21(22)28/h4-13,30H,1-3H3,(H,29,32). The smallest absolute Gasteiger partial charge is 0.282 e. The minimum absolute atomic E-state index is 0.0343. The lowest BCUT2D eigenvalue weighted by molar-refractivity contribution is -0.120. The molecule has 3 aromatic carbocycles. The number of anilines is 3. The number of carbonyl (C=O) groups excluding carboxylic acids is 3. The van der Waals surface area contributed by atoms with Crippen LogP contribution in [0.1, 0.15) is 23.6 Å². The molecule has 0 atom stereocenters. The third kappa shape index (κ3) is 4.30. The normalized spacial score (nSPS) is 13.5. The van der Waals surface area contributed by atoms with Crippen molar-refractivity contribution >= 4 is 40.4 Å². The van der Waals surface area contributed by atoms with Crippen LogP contribution in [0.15, 0.2) is 66.4 Å². The van der Waals surface area contributed by atoms with Gasteiger partial charge in [0.1, 0.15) is 17.3 Å². The lowest BCUT2D eigenvalue weighted by Crippen LogP contribution is -2.33. The van der Waals surface area contributed by atoms with E-state index in [0.717, 1.165) is 23.3 Å². The molecular formula is C26H21F2N3O3. The van der Waals surface area contributed by atoms with E-state index in [-0.39, 0.29) is 22.9 Å². The maximum absolute atomic E-state index is 14.6. The van der Waals surface area contributed by atoms with Gasteiger partial charge in [0.05, 0.1) is 11.3 Å². The van der Waals surface area contributed by atoms with Crippen molar-refractivity contribution in [2.24, 2.45) is 0 Å². The Morgan fingerprint density at radius 1 is 0.853 bits per heavy atom. The fraction of sp³-hybridized carbons (Fsp3) is 0.115. The van der Waals surface area contributed by atoms with Crippen LogP contribution in [0.5, 0.6) is 0 Å². The quantitative estimate of drug-likeness (QED) is 0.528. The van der Waals surface area contributed by atoms with Gasteiger partial charge in [0, 0.05) is 24.4 Å². The predicted octanol–water partition coefficient (Wildman–Crippen LogP) is 4.94. The van der Waals surface area contributed by atoms with Gasteiger partial charge in [0.15, 0.2) is 0 Å². The molecule has 0 spiro atoms. The third-order valence-corrected chi connectivity index (χ3v) is 5.36. The Balaban J connectivity index is 1.80. The number of benzene rings is 3. The highest BCUT2D eigenvalue weighted by molar-refractivity contribution is 6.46. The molecule has 34 heavy (non-hydrogen) atoms. The topological polar surface area (TPSA) is 78.5 Å². The average molecular weight is 461 g/mol. The van der Waals surface area contributed by atoms with Crippen molar-refractivity contribution in [3.63, 3.8) is 0 Å². The molecule has 4 rings (SSSR count). The van der Waals surface area contributed by atoms with Crippen molar-refractivity contribution in [1.82, 2.24) is 0 Å². The Morgan fingerprint density at radius 3 is 2.15 bits per heavy atom. The van der Waals surface area contributed by atoms with Crippen molar-refractivity contribution in [1.29, 1.82) is 0 Å². The van der Waals surface area contributed by atoms with Gasteiger partial charge in [-0.1, -0.05) is 23.8 Å². The number of hydrogen-bond donors (Lipinski definition) is 2. The van der Waals surface area contributed by atoms with E-state index in [0.29, 0.717) is 27.9 Å². The maximum atomic E-state index is 14.6. The van der Waals surface area contributed by atoms with E-state index in [1.54, 1.807) is 30.3 Å². The number of hydrogen-bond acceptors (Lipinski definition) is 4. The third-order valence-electron chi connectivity index (χ3n) is 5.36. The molecule has 6 nitrogen and oxygen atoms in total. The fourth-order valence-corrected chi connectivity index (χ4v) is 3.86. The van der Waals surface area contributed by atoms with Crippen molar-refractivity contribution in [2.45, 2.75) is 20.8 Å². The predicted molar refractivity (Wildman–Crippen MR) is 126 cm³/mol. The molecule has 3 amide bonds. The van der Waals surface area contributed by atoms with Gasteiger partial charge in [-0.25, -0.2) is 13.7 Å². The van der Waals surface area contributed by atoms with Gasteiger partial charge < -0.3 is 10.6 Å². The van der Waals surface area contributed by atoms with Crippen molar-refractivity contribution in [3.8, 4) is 0 Å². The number of halogens is 2. The van der Waals surface area contributed by atoms with E-state index in [4.69, 9.17) is 0 Å². The summed E-state index contributed by atoms with van der Waals surface area (Å²) in [5, 5.41) is 5.63. The minimum Gasteiger partial charge on any atom is -0.350 e. The summed E-state index contributed by atoms with van der Waals surface area (Å²) in [6.07, 6.45) is 0. The Labute approximate surface area is 194 Å². The molecule has 2 N–H and O–H groups in total. The summed E-state index contributed by atoms with van der Waals surface area (Å²) in [4.78, 5) is 38.8. The molecule has 0 saturated heterocycles. The van der Waals surface area contributed by atoms with Gasteiger partial charge >= 0.3 is 0 Å². The van der Waals surface area contributed by atoms with Gasteiger partial charge in [-0.2, -0.15) is 0 Å². The Kier molecular flexibility index (Phi) is 5.98.